The molecule has 0 aliphatic heterocycles. The number of aromatic nitrogens is 3. The van der Waals surface area contributed by atoms with Gasteiger partial charge >= 0.3 is 12.8 Å². The third-order valence-corrected chi connectivity index (χ3v) is 3.59. The summed E-state index contributed by atoms with van der Waals surface area (Å²) < 4.78 is 70.1. The van der Waals surface area contributed by atoms with Gasteiger partial charge in [0.15, 0.2) is 5.65 Å². The van der Waals surface area contributed by atoms with Gasteiger partial charge in [0.2, 0.25) is 0 Å². The molecule has 0 atom stereocenters. The van der Waals surface area contributed by atoms with Crippen molar-refractivity contribution in [1.82, 2.24) is 14.8 Å². The summed E-state index contributed by atoms with van der Waals surface area (Å²) in [6, 6.07) is 6.17. The van der Waals surface area contributed by atoms with Gasteiger partial charge in [0.05, 0.1) is 22.8 Å². The Morgan fingerprint density at radius 2 is 1.84 bits per heavy atom. The number of nitrogens with zero attached hydrogens (tertiary/aromatic N) is 3. The van der Waals surface area contributed by atoms with Crippen molar-refractivity contribution >= 4 is 11.0 Å². The predicted molar refractivity (Wildman–Crippen MR) is 80.3 cm³/mol. The van der Waals surface area contributed by atoms with E-state index in [0.29, 0.717) is 12.1 Å². The minimum Gasteiger partial charge on any atom is -0.435 e. The molecule has 132 valence electrons. The fourth-order valence-electron chi connectivity index (χ4n) is 2.47. The maximum absolute atomic E-state index is 13.4. The zero-order chi connectivity index (χ0) is 18.2. The van der Waals surface area contributed by atoms with Gasteiger partial charge in [-0.25, -0.2) is 9.67 Å². The summed E-state index contributed by atoms with van der Waals surface area (Å²) in [6.45, 7) is -0.876. The normalized spacial score (nSPS) is 12.1. The van der Waals surface area contributed by atoms with Gasteiger partial charge in [-0.2, -0.15) is 27.1 Å². The highest BCUT2D eigenvalue weighted by molar-refractivity contribution is 5.83. The molecule has 3 aromatic rings. The van der Waals surface area contributed by atoms with E-state index < -0.39 is 18.4 Å². The lowest BCUT2D eigenvalue weighted by Gasteiger charge is -2.11. The number of halogens is 5. The lowest BCUT2D eigenvalue weighted by atomic mass is 10.1. The van der Waals surface area contributed by atoms with E-state index in [1.54, 1.807) is 6.92 Å². The quantitative estimate of drug-likeness (QED) is 0.634. The SMILES string of the molecule is CCn1ncc2c(C(F)(F)F)cc(-c3ccc(OC(F)F)cc3)nc21. The van der Waals surface area contributed by atoms with Gasteiger partial charge in [0, 0.05) is 12.1 Å². The summed E-state index contributed by atoms with van der Waals surface area (Å²) >= 11 is 0. The molecular weight excluding hydrogens is 345 g/mol. The Bertz CT molecular complexity index is 887. The van der Waals surface area contributed by atoms with Crippen molar-refractivity contribution in [2.45, 2.75) is 26.3 Å². The average Bonchev–Trinajstić information content (AvgIpc) is 2.96. The Balaban J connectivity index is 2.12. The van der Waals surface area contributed by atoms with Crippen LogP contribution < -0.4 is 4.74 Å². The predicted octanol–water partition coefficient (Wildman–Crippen LogP) is 4.74. The van der Waals surface area contributed by atoms with Crippen molar-refractivity contribution in [2.75, 3.05) is 0 Å². The second-order valence-corrected chi connectivity index (χ2v) is 5.15. The minimum atomic E-state index is -4.57. The van der Waals surface area contributed by atoms with Crippen molar-refractivity contribution in [3.05, 3.63) is 42.1 Å². The Hall–Kier alpha value is -2.71. The third-order valence-electron chi connectivity index (χ3n) is 3.59. The van der Waals surface area contributed by atoms with E-state index in [2.05, 4.69) is 14.8 Å². The van der Waals surface area contributed by atoms with Crippen LogP contribution in [0.1, 0.15) is 12.5 Å². The van der Waals surface area contributed by atoms with Crippen molar-refractivity contribution in [3.8, 4) is 17.0 Å². The number of hydrogen-bond acceptors (Lipinski definition) is 3. The van der Waals surface area contributed by atoms with Crippen molar-refractivity contribution in [1.29, 1.82) is 0 Å². The number of fused-ring (bicyclic) bond motifs is 1. The van der Waals surface area contributed by atoms with Crippen LogP contribution in [0.15, 0.2) is 36.5 Å². The van der Waals surface area contributed by atoms with Crippen molar-refractivity contribution in [3.63, 3.8) is 0 Å². The second-order valence-electron chi connectivity index (χ2n) is 5.15. The molecule has 25 heavy (non-hydrogen) atoms. The topological polar surface area (TPSA) is 39.9 Å². The van der Waals surface area contributed by atoms with Crippen LogP contribution in [0, 0.1) is 0 Å². The lowest BCUT2D eigenvalue weighted by molar-refractivity contribution is -0.136. The number of ether oxygens (including phenoxy) is 1. The third kappa shape index (κ3) is 3.40. The zero-order valence-corrected chi connectivity index (χ0v) is 12.9. The first-order valence-corrected chi connectivity index (χ1v) is 7.28. The summed E-state index contributed by atoms with van der Waals surface area (Å²) in [5.41, 5.74) is -0.322. The van der Waals surface area contributed by atoms with Crippen molar-refractivity contribution < 1.29 is 26.7 Å². The van der Waals surface area contributed by atoms with Crippen LogP contribution in [-0.4, -0.2) is 21.4 Å². The molecule has 3 rings (SSSR count). The fourth-order valence-corrected chi connectivity index (χ4v) is 2.47. The molecule has 0 saturated carbocycles. The fraction of sp³-hybridized carbons (Fsp3) is 0.250. The number of rotatable bonds is 4. The first-order valence-electron chi connectivity index (χ1n) is 7.28. The highest BCUT2D eigenvalue weighted by atomic mass is 19.4. The zero-order valence-electron chi connectivity index (χ0n) is 12.9. The van der Waals surface area contributed by atoms with Gasteiger partial charge in [-0.1, -0.05) is 0 Å². The molecule has 0 bridgehead atoms. The summed E-state index contributed by atoms with van der Waals surface area (Å²) in [5.74, 6) is -0.0885. The second kappa shape index (κ2) is 6.30. The molecule has 4 nitrogen and oxygen atoms in total. The molecule has 0 aliphatic rings. The van der Waals surface area contributed by atoms with Crippen LogP contribution in [0.5, 0.6) is 5.75 Å². The summed E-state index contributed by atoms with van der Waals surface area (Å²) in [5, 5.41) is 3.83. The first kappa shape index (κ1) is 17.1. The Labute approximate surface area is 138 Å². The highest BCUT2D eigenvalue weighted by Crippen LogP contribution is 2.37. The average molecular weight is 357 g/mol. The molecule has 0 N–H and O–H groups in total. The molecular formula is C16H12F5N3O. The number of benzene rings is 1. The monoisotopic (exact) mass is 357 g/mol. The van der Waals surface area contributed by atoms with E-state index in [1.165, 1.54) is 28.9 Å². The maximum Gasteiger partial charge on any atom is 0.417 e. The van der Waals surface area contributed by atoms with E-state index in [0.717, 1.165) is 12.3 Å². The van der Waals surface area contributed by atoms with Gasteiger partial charge in [-0.15, -0.1) is 0 Å². The lowest BCUT2D eigenvalue weighted by Crippen LogP contribution is -2.08. The van der Waals surface area contributed by atoms with E-state index >= 15 is 0 Å². The maximum atomic E-state index is 13.4. The van der Waals surface area contributed by atoms with Crippen LogP contribution in [-0.2, 0) is 12.7 Å². The molecule has 0 spiro atoms. The Kier molecular flexibility index (Phi) is 4.32. The van der Waals surface area contributed by atoms with E-state index in [-0.39, 0.29) is 22.5 Å². The molecule has 0 amide bonds. The molecule has 2 aromatic heterocycles. The van der Waals surface area contributed by atoms with E-state index in [9.17, 15) is 22.0 Å². The molecule has 9 heteroatoms. The Morgan fingerprint density at radius 1 is 1.16 bits per heavy atom. The van der Waals surface area contributed by atoms with Gasteiger partial charge < -0.3 is 4.74 Å². The number of pyridine rings is 1. The van der Waals surface area contributed by atoms with E-state index in [1.807, 2.05) is 0 Å². The standard InChI is InChI=1S/C16H12F5N3O/c1-2-24-14-11(8-22-24)12(16(19,20)21)7-13(23-14)9-3-5-10(6-4-9)25-15(17)18/h3-8,15H,2H2,1H3. The summed E-state index contributed by atoms with van der Waals surface area (Å²) in [6.07, 6.45) is -3.44. The number of hydrogen-bond donors (Lipinski definition) is 0. The largest absolute Gasteiger partial charge is 0.435 e. The molecule has 2 heterocycles. The van der Waals surface area contributed by atoms with Crippen LogP contribution in [0.25, 0.3) is 22.3 Å². The Morgan fingerprint density at radius 3 is 2.40 bits per heavy atom. The van der Waals surface area contributed by atoms with Gasteiger partial charge in [0.25, 0.3) is 0 Å². The molecule has 1 aromatic carbocycles. The molecule has 0 fully saturated rings. The molecule has 0 aliphatic carbocycles. The van der Waals surface area contributed by atoms with Crippen LogP contribution in [0.4, 0.5) is 22.0 Å². The first-order chi connectivity index (χ1) is 11.8. The van der Waals surface area contributed by atoms with Gasteiger partial charge in [0.1, 0.15) is 5.75 Å². The smallest absolute Gasteiger partial charge is 0.417 e. The number of aryl methyl sites for hydroxylation is 1. The summed E-state index contributed by atoms with van der Waals surface area (Å²) in [7, 11) is 0. The van der Waals surface area contributed by atoms with Crippen LogP contribution in [0.3, 0.4) is 0 Å². The molecule has 0 unspecified atom stereocenters. The minimum absolute atomic E-state index is 0.0682. The van der Waals surface area contributed by atoms with Gasteiger partial charge in [-0.3, -0.25) is 0 Å². The summed E-state index contributed by atoms with van der Waals surface area (Å²) in [4.78, 5) is 4.25. The van der Waals surface area contributed by atoms with E-state index in [4.69, 9.17) is 0 Å². The molecule has 0 radical (unpaired) electrons. The van der Waals surface area contributed by atoms with Gasteiger partial charge in [-0.05, 0) is 37.3 Å². The number of alkyl halides is 5. The van der Waals surface area contributed by atoms with Crippen LogP contribution in [0.2, 0.25) is 0 Å². The highest BCUT2D eigenvalue weighted by Gasteiger charge is 2.34. The van der Waals surface area contributed by atoms with Crippen LogP contribution >= 0.6 is 0 Å². The molecule has 0 saturated heterocycles. The van der Waals surface area contributed by atoms with Crippen molar-refractivity contribution in [2.24, 2.45) is 0 Å².